The van der Waals surface area contributed by atoms with Crippen LogP contribution in [0.3, 0.4) is 0 Å². The Morgan fingerprint density at radius 3 is 2.79 bits per heavy atom. The van der Waals surface area contributed by atoms with Gasteiger partial charge < -0.3 is 15.2 Å². The zero-order chi connectivity index (χ0) is 21.2. The van der Waals surface area contributed by atoms with E-state index < -0.39 is 40.0 Å². The van der Waals surface area contributed by atoms with Crippen molar-refractivity contribution in [2.24, 2.45) is 0 Å². The monoisotopic (exact) mass is 411 g/mol. The van der Waals surface area contributed by atoms with E-state index in [4.69, 9.17) is 4.74 Å². The molecule has 1 atom stereocenters. The van der Waals surface area contributed by atoms with E-state index in [-0.39, 0.29) is 13.2 Å². The molecule has 1 saturated heterocycles. The Kier molecular flexibility index (Phi) is 5.65. The van der Waals surface area contributed by atoms with Crippen molar-refractivity contribution < 1.29 is 27.8 Å². The van der Waals surface area contributed by atoms with Gasteiger partial charge in [0.15, 0.2) is 5.75 Å². The van der Waals surface area contributed by atoms with Crippen molar-refractivity contribution in [1.29, 1.82) is 0 Å². The molecule has 0 spiro atoms. The number of nitrogens with one attached hydrogen (secondary N) is 1. The Hall–Kier alpha value is -2.88. The number of hydrogen-bond acceptors (Lipinski definition) is 6. The maximum absolute atomic E-state index is 13.2. The minimum atomic E-state index is -4.48. The Morgan fingerprint density at radius 2 is 2.17 bits per heavy atom. The zero-order valence-corrected chi connectivity index (χ0v) is 15.6. The second-order valence-electron chi connectivity index (χ2n) is 6.90. The molecule has 3 rings (SSSR count). The summed E-state index contributed by atoms with van der Waals surface area (Å²) in [7, 11) is 0. The molecule has 7 nitrogen and oxygen atoms in total. The summed E-state index contributed by atoms with van der Waals surface area (Å²) in [5.74, 6) is -1.66. The highest BCUT2D eigenvalue weighted by atomic mass is 19.4. The summed E-state index contributed by atoms with van der Waals surface area (Å²) < 4.78 is 45.5. The van der Waals surface area contributed by atoms with Crippen molar-refractivity contribution in [2.45, 2.75) is 31.5 Å². The van der Waals surface area contributed by atoms with Gasteiger partial charge in [-0.3, -0.25) is 9.48 Å². The van der Waals surface area contributed by atoms with Crippen molar-refractivity contribution >= 4 is 5.97 Å². The highest BCUT2D eigenvalue weighted by Gasteiger charge is 2.39. The third-order valence-corrected chi connectivity index (χ3v) is 4.93. The van der Waals surface area contributed by atoms with Crippen LogP contribution in [0.4, 0.5) is 13.2 Å². The average Bonchev–Trinajstić information content (AvgIpc) is 3.14. The Labute approximate surface area is 164 Å². The summed E-state index contributed by atoms with van der Waals surface area (Å²) in [6.45, 7) is 2.59. The van der Waals surface area contributed by atoms with E-state index in [1.54, 1.807) is 13.0 Å². The maximum Gasteiger partial charge on any atom is 0.416 e. The number of aromatic nitrogens is 2. The lowest BCUT2D eigenvalue weighted by atomic mass is 9.79. The Morgan fingerprint density at radius 1 is 1.41 bits per heavy atom. The number of nitrogens with zero attached hydrogens (tertiary/aromatic N) is 2. The number of aromatic hydroxyl groups is 1. The van der Waals surface area contributed by atoms with Gasteiger partial charge in [-0.1, -0.05) is 18.2 Å². The smallest absolute Gasteiger partial charge is 0.416 e. The molecule has 0 aliphatic carbocycles. The molecule has 2 N–H and O–H groups in total. The highest BCUT2D eigenvalue weighted by Crippen LogP contribution is 2.36. The van der Waals surface area contributed by atoms with Crippen LogP contribution >= 0.6 is 0 Å². The van der Waals surface area contributed by atoms with Gasteiger partial charge in [0, 0.05) is 12.0 Å². The van der Waals surface area contributed by atoms with E-state index in [2.05, 4.69) is 10.4 Å². The number of carbonyl (C=O) groups is 1. The van der Waals surface area contributed by atoms with Crippen LogP contribution in [0.25, 0.3) is 0 Å². The molecule has 156 valence electrons. The summed E-state index contributed by atoms with van der Waals surface area (Å²) in [5.41, 5.74) is -2.60. The first kappa shape index (κ1) is 20.8. The summed E-state index contributed by atoms with van der Waals surface area (Å²) in [6, 6.07) is 5.05. The molecule has 1 aromatic carbocycles. The van der Waals surface area contributed by atoms with E-state index in [0.717, 1.165) is 18.3 Å². The average molecular weight is 411 g/mol. The number of rotatable bonds is 5. The zero-order valence-electron chi connectivity index (χ0n) is 15.6. The standard InChI is InChI=1S/C19H20F3N3O4/c1-2-29-17(28)15-16(27)14(26)9-25(24-15)11-18(6-7-23-10-18)12-4-3-5-13(8-12)19(20,21)22/h3-5,8-9,23,26H,2,6-7,10-11H2,1H3. The molecule has 10 heteroatoms. The lowest BCUT2D eigenvalue weighted by molar-refractivity contribution is -0.137. The first-order chi connectivity index (χ1) is 13.7. The van der Waals surface area contributed by atoms with Gasteiger partial charge in [-0.05, 0) is 31.5 Å². The van der Waals surface area contributed by atoms with Crippen molar-refractivity contribution in [3.63, 3.8) is 0 Å². The second kappa shape index (κ2) is 7.86. The molecule has 0 amide bonds. The fourth-order valence-electron chi connectivity index (χ4n) is 3.49. The molecule has 2 aromatic rings. The van der Waals surface area contributed by atoms with Crippen molar-refractivity contribution in [3.8, 4) is 5.75 Å². The first-order valence-electron chi connectivity index (χ1n) is 9.02. The third kappa shape index (κ3) is 4.26. The second-order valence-corrected chi connectivity index (χ2v) is 6.90. The molecule has 0 saturated carbocycles. The van der Waals surface area contributed by atoms with E-state index in [0.29, 0.717) is 25.1 Å². The molecular weight excluding hydrogens is 391 g/mol. The summed E-state index contributed by atoms with van der Waals surface area (Å²) in [5, 5.41) is 17.0. The number of alkyl halides is 3. The van der Waals surface area contributed by atoms with Gasteiger partial charge in [0.1, 0.15) is 0 Å². The van der Waals surface area contributed by atoms with Gasteiger partial charge in [0.05, 0.1) is 24.9 Å². The van der Waals surface area contributed by atoms with Crippen LogP contribution in [0.5, 0.6) is 5.75 Å². The minimum Gasteiger partial charge on any atom is -0.503 e. The van der Waals surface area contributed by atoms with E-state index in [9.17, 15) is 27.9 Å². The fourth-order valence-corrected chi connectivity index (χ4v) is 3.49. The summed E-state index contributed by atoms with van der Waals surface area (Å²) >= 11 is 0. The molecular formula is C19H20F3N3O4. The van der Waals surface area contributed by atoms with Crippen molar-refractivity contribution in [1.82, 2.24) is 15.1 Å². The van der Waals surface area contributed by atoms with Gasteiger partial charge in [-0.25, -0.2) is 4.79 Å². The molecule has 1 aliphatic rings. The van der Waals surface area contributed by atoms with Gasteiger partial charge in [0.25, 0.3) is 5.43 Å². The molecule has 1 aromatic heterocycles. The lowest BCUT2D eigenvalue weighted by Crippen LogP contribution is -2.36. The number of ether oxygens (including phenoxy) is 1. The predicted molar refractivity (Wildman–Crippen MR) is 96.7 cm³/mol. The molecule has 1 unspecified atom stereocenters. The number of halogens is 3. The van der Waals surface area contributed by atoms with Crippen LogP contribution in [0.2, 0.25) is 0 Å². The normalized spacial score (nSPS) is 19.3. The fraction of sp³-hybridized carbons (Fsp3) is 0.421. The number of esters is 1. The van der Waals surface area contributed by atoms with Gasteiger partial charge in [-0.2, -0.15) is 18.3 Å². The Balaban J connectivity index is 2.02. The quantitative estimate of drug-likeness (QED) is 0.732. The minimum absolute atomic E-state index is 0.0215. The summed E-state index contributed by atoms with van der Waals surface area (Å²) in [4.78, 5) is 24.0. The van der Waals surface area contributed by atoms with Crippen LogP contribution in [-0.2, 0) is 22.9 Å². The molecule has 0 radical (unpaired) electrons. The number of carbonyl (C=O) groups excluding carboxylic acids is 1. The SMILES string of the molecule is CCOC(=O)c1nn(CC2(c3cccc(C(F)(F)F)c3)CCNC2)cc(O)c1=O. The summed E-state index contributed by atoms with van der Waals surface area (Å²) in [6.07, 6.45) is -2.90. The molecule has 0 bridgehead atoms. The van der Waals surface area contributed by atoms with E-state index >= 15 is 0 Å². The van der Waals surface area contributed by atoms with E-state index in [1.165, 1.54) is 10.7 Å². The van der Waals surface area contributed by atoms with Crippen molar-refractivity contribution in [2.75, 3.05) is 19.7 Å². The molecule has 1 aliphatic heterocycles. The van der Waals surface area contributed by atoms with Crippen LogP contribution in [-0.4, -0.2) is 40.6 Å². The van der Waals surface area contributed by atoms with Crippen LogP contribution in [0.1, 0.15) is 35.0 Å². The van der Waals surface area contributed by atoms with Crippen molar-refractivity contribution in [3.05, 3.63) is 57.5 Å². The molecule has 2 heterocycles. The van der Waals surface area contributed by atoms with Crippen LogP contribution < -0.4 is 10.7 Å². The maximum atomic E-state index is 13.2. The predicted octanol–water partition coefficient (Wildman–Crippen LogP) is 2.08. The largest absolute Gasteiger partial charge is 0.503 e. The number of benzene rings is 1. The number of hydrogen-bond donors (Lipinski definition) is 2. The third-order valence-electron chi connectivity index (χ3n) is 4.93. The lowest BCUT2D eigenvalue weighted by Gasteiger charge is -2.30. The Bertz CT molecular complexity index is 966. The first-order valence-corrected chi connectivity index (χ1v) is 9.02. The van der Waals surface area contributed by atoms with Crippen LogP contribution in [0.15, 0.2) is 35.3 Å². The molecule has 1 fully saturated rings. The van der Waals surface area contributed by atoms with Gasteiger partial charge in [-0.15, -0.1) is 0 Å². The highest BCUT2D eigenvalue weighted by molar-refractivity contribution is 5.87. The van der Waals surface area contributed by atoms with Gasteiger partial charge in [0.2, 0.25) is 5.69 Å². The van der Waals surface area contributed by atoms with Gasteiger partial charge >= 0.3 is 12.1 Å². The topological polar surface area (TPSA) is 93.4 Å². The van der Waals surface area contributed by atoms with E-state index in [1.807, 2.05) is 0 Å². The van der Waals surface area contributed by atoms with Crippen LogP contribution in [0, 0.1) is 0 Å². The molecule has 29 heavy (non-hydrogen) atoms.